The van der Waals surface area contributed by atoms with E-state index < -0.39 is 6.10 Å². The number of ether oxygens (including phenoxy) is 1. The Hall–Kier alpha value is -1.76. The lowest BCUT2D eigenvalue weighted by Gasteiger charge is -2.19. The first-order chi connectivity index (χ1) is 10.9. The normalized spacial score (nSPS) is 12.2. The molecule has 23 heavy (non-hydrogen) atoms. The second-order valence-electron chi connectivity index (χ2n) is 5.38. The van der Waals surface area contributed by atoms with Gasteiger partial charge in [-0.3, -0.25) is 4.79 Å². The average Bonchev–Trinajstić information content (AvgIpc) is 2.89. The summed E-state index contributed by atoms with van der Waals surface area (Å²) in [4.78, 5) is 15.5. The number of thiophene rings is 1. The lowest BCUT2D eigenvalue weighted by molar-refractivity contribution is 0.0382. The molecular weight excluding hydrogens is 317 g/mol. The van der Waals surface area contributed by atoms with E-state index in [-0.39, 0.29) is 24.9 Å². The van der Waals surface area contributed by atoms with Gasteiger partial charge in [0.15, 0.2) is 0 Å². The molecule has 2 aromatic rings. The topological polar surface area (TPSA) is 49.8 Å². The van der Waals surface area contributed by atoms with Gasteiger partial charge in [0.25, 0.3) is 5.91 Å². The predicted octanol–water partition coefficient (Wildman–Crippen LogP) is 2.94. The smallest absolute Gasteiger partial charge is 0.263 e. The highest BCUT2D eigenvalue weighted by Gasteiger charge is 2.19. The number of hydrogen-bond acceptors (Lipinski definition) is 4. The zero-order valence-corrected chi connectivity index (χ0v) is 14.2. The number of aryl methyl sites for hydroxylation is 1. The fourth-order valence-electron chi connectivity index (χ4n) is 2.34. The van der Waals surface area contributed by atoms with E-state index in [1.807, 2.05) is 13.0 Å². The van der Waals surface area contributed by atoms with E-state index in [1.165, 1.54) is 35.5 Å². The van der Waals surface area contributed by atoms with Crippen LogP contribution in [0.4, 0.5) is 4.39 Å². The maximum absolute atomic E-state index is 13.0. The number of carbonyl (C=O) groups is 1. The summed E-state index contributed by atoms with van der Waals surface area (Å²) < 4.78 is 17.9. The summed E-state index contributed by atoms with van der Waals surface area (Å²) in [5.41, 5.74) is 1.80. The van der Waals surface area contributed by atoms with Crippen LogP contribution in [0.25, 0.3) is 11.1 Å². The van der Waals surface area contributed by atoms with Crippen molar-refractivity contribution < 1.29 is 19.0 Å². The Kier molecular flexibility index (Phi) is 5.87. The molecular formula is C17H20FNO3S. The average molecular weight is 337 g/mol. The number of benzene rings is 1. The van der Waals surface area contributed by atoms with Crippen molar-refractivity contribution in [3.05, 3.63) is 45.9 Å². The third kappa shape index (κ3) is 4.37. The number of halogens is 1. The van der Waals surface area contributed by atoms with Gasteiger partial charge >= 0.3 is 0 Å². The standard InChI is InChI=1S/C17H20FNO3S/c1-11-15(12-4-6-13(18)7-5-12)8-16(23-11)17(21)19(2)9-14(20)10-22-3/h4-8,14,20H,9-10H2,1-3H3. The van der Waals surface area contributed by atoms with E-state index in [1.54, 1.807) is 19.2 Å². The lowest BCUT2D eigenvalue weighted by Crippen LogP contribution is -2.35. The van der Waals surface area contributed by atoms with Crippen LogP contribution in [-0.4, -0.2) is 49.3 Å². The van der Waals surface area contributed by atoms with Crippen molar-refractivity contribution in [1.82, 2.24) is 4.90 Å². The number of rotatable bonds is 6. The molecule has 1 heterocycles. The van der Waals surface area contributed by atoms with Gasteiger partial charge in [0.2, 0.25) is 0 Å². The number of carbonyl (C=O) groups excluding carboxylic acids is 1. The fraction of sp³-hybridized carbons (Fsp3) is 0.353. The SMILES string of the molecule is COCC(O)CN(C)C(=O)c1cc(-c2ccc(F)cc2)c(C)s1. The third-order valence-corrected chi connectivity index (χ3v) is 4.51. The molecule has 1 unspecified atom stereocenters. The molecule has 4 nitrogen and oxygen atoms in total. The first-order valence-electron chi connectivity index (χ1n) is 7.21. The number of aliphatic hydroxyl groups excluding tert-OH is 1. The van der Waals surface area contributed by atoms with Crippen LogP contribution in [0, 0.1) is 12.7 Å². The second-order valence-corrected chi connectivity index (χ2v) is 6.64. The van der Waals surface area contributed by atoms with Crippen LogP contribution in [0.1, 0.15) is 14.5 Å². The van der Waals surface area contributed by atoms with Crippen LogP contribution in [0.3, 0.4) is 0 Å². The molecule has 0 radical (unpaired) electrons. The minimum Gasteiger partial charge on any atom is -0.389 e. The molecule has 6 heteroatoms. The van der Waals surface area contributed by atoms with Gasteiger partial charge in [0.1, 0.15) is 5.82 Å². The van der Waals surface area contributed by atoms with Crippen molar-refractivity contribution in [2.24, 2.45) is 0 Å². The Balaban J connectivity index is 2.16. The highest BCUT2D eigenvalue weighted by molar-refractivity contribution is 7.14. The highest BCUT2D eigenvalue weighted by atomic mass is 32.1. The molecule has 2 rings (SSSR count). The van der Waals surface area contributed by atoms with Gasteiger partial charge in [-0.1, -0.05) is 12.1 Å². The molecule has 0 aliphatic rings. The Morgan fingerprint density at radius 2 is 2.04 bits per heavy atom. The molecule has 0 aliphatic carbocycles. The predicted molar refractivity (Wildman–Crippen MR) is 89.3 cm³/mol. The number of likely N-dealkylation sites (N-methyl/N-ethyl adjacent to an activating group) is 1. The minimum atomic E-state index is -0.716. The Morgan fingerprint density at radius 3 is 2.65 bits per heavy atom. The van der Waals surface area contributed by atoms with Crippen molar-refractivity contribution in [2.45, 2.75) is 13.0 Å². The summed E-state index contributed by atoms with van der Waals surface area (Å²) in [5, 5.41) is 9.73. The van der Waals surface area contributed by atoms with Gasteiger partial charge in [-0.05, 0) is 36.2 Å². The van der Waals surface area contributed by atoms with Crippen molar-refractivity contribution in [3.8, 4) is 11.1 Å². The summed E-state index contributed by atoms with van der Waals surface area (Å²) >= 11 is 1.39. The largest absolute Gasteiger partial charge is 0.389 e. The fourth-order valence-corrected chi connectivity index (χ4v) is 3.37. The molecule has 0 saturated heterocycles. The van der Waals surface area contributed by atoms with Crippen LogP contribution in [0.5, 0.6) is 0 Å². The number of aliphatic hydroxyl groups is 1. The first-order valence-corrected chi connectivity index (χ1v) is 8.03. The molecule has 124 valence electrons. The van der Waals surface area contributed by atoms with Crippen LogP contribution < -0.4 is 0 Å². The second kappa shape index (κ2) is 7.68. The molecule has 1 aromatic carbocycles. The van der Waals surface area contributed by atoms with E-state index in [0.717, 1.165) is 16.0 Å². The van der Waals surface area contributed by atoms with E-state index in [0.29, 0.717) is 4.88 Å². The molecule has 0 aliphatic heterocycles. The number of hydrogen-bond donors (Lipinski definition) is 1. The van der Waals surface area contributed by atoms with Gasteiger partial charge in [-0.25, -0.2) is 4.39 Å². The number of nitrogens with zero attached hydrogens (tertiary/aromatic N) is 1. The summed E-state index contributed by atoms with van der Waals surface area (Å²) in [7, 11) is 3.15. The summed E-state index contributed by atoms with van der Waals surface area (Å²) in [5.74, 6) is -0.439. The van der Waals surface area contributed by atoms with Gasteiger partial charge in [0, 0.05) is 25.6 Å². The van der Waals surface area contributed by atoms with Crippen LogP contribution in [0.15, 0.2) is 30.3 Å². The van der Waals surface area contributed by atoms with E-state index in [9.17, 15) is 14.3 Å². The molecule has 1 N–H and O–H groups in total. The minimum absolute atomic E-state index is 0.151. The zero-order valence-electron chi connectivity index (χ0n) is 13.4. The molecule has 0 spiro atoms. The number of methoxy groups -OCH3 is 1. The van der Waals surface area contributed by atoms with Crippen LogP contribution in [-0.2, 0) is 4.74 Å². The van der Waals surface area contributed by atoms with Crippen molar-refractivity contribution >= 4 is 17.2 Å². The van der Waals surface area contributed by atoms with Crippen molar-refractivity contribution in [3.63, 3.8) is 0 Å². The Labute approximate surface area is 139 Å². The maximum Gasteiger partial charge on any atom is 0.263 e. The lowest BCUT2D eigenvalue weighted by atomic mass is 10.1. The van der Waals surface area contributed by atoms with Crippen molar-refractivity contribution in [1.29, 1.82) is 0 Å². The quantitative estimate of drug-likeness (QED) is 0.882. The molecule has 0 fully saturated rings. The first kappa shape index (κ1) is 17.6. The van der Waals surface area contributed by atoms with E-state index >= 15 is 0 Å². The molecule has 1 aromatic heterocycles. The number of amides is 1. The maximum atomic E-state index is 13.0. The van der Waals surface area contributed by atoms with Gasteiger partial charge in [0.05, 0.1) is 17.6 Å². The highest BCUT2D eigenvalue weighted by Crippen LogP contribution is 2.31. The summed E-state index contributed by atoms with van der Waals surface area (Å²) in [6.07, 6.45) is -0.716. The zero-order chi connectivity index (χ0) is 17.0. The van der Waals surface area contributed by atoms with Gasteiger partial charge in [-0.15, -0.1) is 11.3 Å². The molecule has 1 amide bonds. The monoisotopic (exact) mass is 337 g/mol. The van der Waals surface area contributed by atoms with Gasteiger partial charge in [-0.2, -0.15) is 0 Å². The summed E-state index contributed by atoms with van der Waals surface area (Å²) in [6, 6.07) is 8.02. The van der Waals surface area contributed by atoms with Crippen LogP contribution >= 0.6 is 11.3 Å². The third-order valence-electron chi connectivity index (χ3n) is 3.47. The molecule has 0 saturated carbocycles. The van der Waals surface area contributed by atoms with E-state index in [2.05, 4.69) is 0 Å². The molecule has 0 bridgehead atoms. The Morgan fingerprint density at radius 1 is 1.39 bits per heavy atom. The van der Waals surface area contributed by atoms with Crippen LogP contribution in [0.2, 0.25) is 0 Å². The van der Waals surface area contributed by atoms with Gasteiger partial charge < -0.3 is 14.7 Å². The Bertz CT molecular complexity index is 669. The molecule has 1 atom stereocenters. The van der Waals surface area contributed by atoms with Crippen molar-refractivity contribution in [2.75, 3.05) is 27.3 Å². The summed E-state index contributed by atoms with van der Waals surface area (Å²) in [6.45, 7) is 2.32. The van der Waals surface area contributed by atoms with E-state index in [4.69, 9.17) is 4.74 Å².